The number of rotatable bonds is 7. The molecule has 0 radical (unpaired) electrons. The maximum Gasteiger partial charge on any atom is 0.0701 e. The van der Waals surface area contributed by atoms with Gasteiger partial charge >= 0.3 is 0 Å². The number of ether oxygens (including phenoxy) is 2. The lowest BCUT2D eigenvalue weighted by Crippen LogP contribution is -2.39. The first-order valence-corrected chi connectivity index (χ1v) is 6.51. The molecular formula is C13H27NO2. The maximum atomic E-state index is 5.62. The van der Waals surface area contributed by atoms with E-state index in [2.05, 4.69) is 12.2 Å². The summed E-state index contributed by atoms with van der Waals surface area (Å²) in [5.74, 6) is 1.71. The van der Waals surface area contributed by atoms with Gasteiger partial charge in [0.2, 0.25) is 0 Å². The molecule has 1 N–H and O–H groups in total. The summed E-state index contributed by atoms with van der Waals surface area (Å²) >= 11 is 0. The fourth-order valence-corrected chi connectivity index (χ4v) is 2.50. The van der Waals surface area contributed by atoms with Crippen LogP contribution in [-0.2, 0) is 9.47 Å². The van der Waals surface area contributed by atoms with Crippen LogP contribution < -0.4 is 5.32 Å². The van der Waals surface area contributed by atoms with Crippen molar-refractivity contribution < 1.29 is 9.47 Å². The van der Waals surface area contributed by atoms with Crippen LogP contribution in [0, 0.1) is 11.8 Å². The second kappa shape index (κ2) is 8.04. The second-order valence-electron chi connectivity index (χ2n) is 4.98. The van der Waals surface area contributed by atoms with Crippen LogP contribution in [0.5, 0.6) is 0 Å². The number of hydrogen-bond acceptors (Lipinski definition) is 3. The van der Waals surface area contributed by atoms with Crippen LogP contribution in [0.3, 0.4) is 0 Å². The number of methoxy groups -OCH3 is 1. The first-order chi connectivity index (χ1) is 7.77. The van der Waals surface area contributed by atoms with Crippen LogP contribution in [-0.4, -0.2) is 40.0 Å². The van der Waals surface area contributed by atoms with Crippen molar-refractivity contribution in [1.29, 1.82) is 0 Å². The van der Waals surface area contributed by atoms with Gasteiger partial charge in [-0.05, 0) is 31.7 Å². The topological polar surface area (TPSA) is 30.5 Å². The third kappa shape index (κ3) is 4.81. The van der Waals surface area contributed by atoms with Gasteiger partial charge in [-0.25, -0.2) is 0 Å². The molecule has 1 aliphatic rings. The molecular weight excluding hydrogens is 202 g/mol. The average Bonchev–Trinajstić information content (AvgIpc) is 2.31. The SMILES string of the molecule is CNC(COCCOC)C1CCC(C)CC1. The fraction of sp³-hybridized carbons (Fsp3) is 1.00. The lowest BCUT2D eigenvalue weighted by molar-refractivity contribution is 0.0448. The fourth-order valence-electron chi connectivity index (χ4n) is 2.50. The molecule has 3 nitrogen and oxygen atoms in total. The van der Waals surface area contributed by atoms with Gasteiger partial charge in [-0.15, -0.1) is 0 Å². The van der Waals surface area contributed by atoms with E-state index in [0.717, 1.165) is 18.4 Å². The molecule has 16 heavy (non-hydrogen) atoms. The Morgan fingerprint density at radius 2 is 1.88 bits per heavy atom. The Labute approximate surface area is 99.9 Å². The summed E-state index contributed by atoms with van der Waals surface area (Å²) in [6.45, 7) is 4.58. The van der Waals surface area contributed by atoms with Gasteiger partial charge in [0, 0.05) is 13.2 Å². The third-order valence-electron chi connectivity index (χ3n) is 3.73. The molecule has 1 unspecified atom stereocenters. The van der Waals surface area contributed by atoms with E-state index in [0.29, 0.717) is 19.3 Å². The molecule has 96 valence electrons. The third-order valence-corrected chi connectivity index (χ3v) is 3.73. The zero-order valence-electron chi connectivity index (χ0n) is 11.0. The van der Waals surface area contributed by atoms with Crippen molar-refractivity contribution in [2.45, 2.75) is 38.6 Å². The minimum absolute atomic E-state index is 0.518. The average molecular weight is 229 g/mol. The van der Waals surface area contributed by atoms with E-state index in [4.69, 9.17) is 9.47 Å². The van der Waals surface area contributed by atoms with Crippen molar-refractivity contribution in [3.8, 4) is 0 Å². The predicted octanol–water partition coefficient (Wildman–Crippen LogP) is 2.06. The maximum absolute atomic E-state index is 5.62. The van der Waals surface area contributed by atoms with Crippen molar-refractivity contribution in [1.82, 2.24) is 5.32 Å². The molecule has 1 fully saturated rings. The van der Waals surface area contributed by atoms with Gasteiger partial charge in [-0.1, -0.05) is 19.8 Å². The van der Waals surface area contributed by atoms with Gasteiger partial charge in [0.1, 0.15) is 0 Å². The van der Waals surface area contributed by atoms with Crippen molar-refractivity contribution in [3.63, 3.8) is 0 Å². The van der Waals surface area contributed by atoms with E-state index in [1.54, 1.807) is 7.11 Å². The summed E-state index contributed by atoms with van der Waals surface area (Å²) in [6.07, 6.45) is 5.45. The minimum Gasteiger partial charge on any atom is -0.382 e. The standard InChI is InChI=1S/C13H27NO2/c1-11-4-6-12(7-5-11)13(14-2)10-16-9-8-15-3/h11-14H,4-10H2,1-3H3. The Balaban J connectivity index is 2.19. The summed E-state index contributed by atoms with van der Waals surface area (Å²) in [5, 5.41) is 3.40. The van der Waals surface area contributed by atoms with Gasteiger partial charge in [-0.3, -0.25) is 0 Å². The molecule has 1 atom stereocenters. The number of likely N-dealkylation sites (N-methyl/N-ethyl adjacent to an activating group) is 1. The molecule has 0 aromatic heterocycles. The van der Waals surface area contributed by atoms with Gasteiger partial charge in [0.05, 0.1) is 19.8 Å². The number of hydrogen-bond donors (Lipinski definition) is 1. The summed E-state index contributed by atoms with van der Waals surface area (Å²) in [6, 6.07) is 0.518. The van der Waals surface area contributed by atoms with E-state index in [-0.39, 0.29) is 0 Å². The van der Waals surface area contributed by atoms with E-state index in [1.165, 1.54) is 25.7 Å². The van der Waals surface area contributed by atoms with Crippen LogP contribution in [0.2, 0.25) is 0 Å². The highest BCUT2D eigenvalue weighted by Crippen LogP contribution is 2.30. The summed E-state index contributed by atoms with van der Waals surface area (Å²) < 4.78 is 10.6. The molecule has 3 heteroatoms. The lowest BCUT2D eigenvalue weighted by Gasteiger charge is -2.32. The largest absolute Gasteiger partial charge is 0.382 e. The van der Waals surface area contributed by atoms with Crippen molar-refractivity contribution in [2.75, 3.05) is 34.0 Å². The quantitative estimate of drug-likeness (QED) is 0.678. The highest BCUT2D eigenvalue weighted by atomic mass is 16.5. The molecule has 0 amide bonds. The van der Waals surface area contributed by atoms with Crippen molar-refractivity contribution in [2.24, 2.45) is 11.8 Å². The van der Waals surface area contributed by atoms with Crippen LogP contribution in [0.4, 0.5) is 0 Å². The molecule has 0 spiro atoms. The summed E-state index contributed by atoms with van der Waals surface area (Å²) in [7, 11) is 3.75. The molecule has 0 aliphatic heterocycles. The Bertz CT molecular complexity index is 167. The smallest absolute Gasteiger partial charge is 0.0701 e. The molecule has 0 aromatic carbocycles. The second-order valence-corrected chi connectivity index (χ2v) is 4.98. The van der Waals surface area contributed by atoms with E-state index >= 15 is 0 Å². The van der Waals surface area contributed by atoms with Gasteiger partial charge in [0.25, 0.3) is 0 Å². The Hall–Kier alpha value is -0.120. The van der Waals surface area contributed by atoms with Crippen LogP contribution in [0.25, 0.3) is 0 Å². The summed E-state index contributed by atoms with van der Waals surface area (Å²) in [4.78, 5) is 0. The Morgan fingerprint density at radius 1 is 1.19 bits per heavy atom. The zero-order chi connectivity index (χ0) is 11.8. The van der Waals surface area contributed by atoms with Gasteiger partial charge < -0.3 is 14.8 Å². The molecule has 1 rings (SSSR count). The first kappa shape index (κ1) is 13.9. The van der Waals surface area contributed by atoms with E-state index < -0.39 is 0 Å². The zero-order valence-corrected chi connectivity index (χ0v) is 11.0. The van der Waals surface area contributed by atoms with Crippen molar-refractivity contribution >= 4 is 0 Å². The molecule has 1 aliphatic carbocycles. The number of nitrogens with one attached hydrogen (secondary N) is 1. The Kier molecular flexibility index (Phi) is 7.01. The normalized spacial score (nSPS) is 27.9. The van der Waals surface area contributed by atoms with E-state index in [9.17, 15) is 0 Å². The van der Waals surface area contributed by atoms with Gasteiger partial charge in [0.15, 0.2) is 0 Å². The van der Waals surface area contributed by atoms with Crippen LogP contribution in [0.1, 0.15) is 32.6 Å². The molecule has 0 bridgehead atoms. The highest BCUT2D eigenvalue weighted by Gasteiger charge is 2.24. The van der Waals surface area contributed by atoms with Gasteiger partial charge in [-0.2, -0.15) is 0 Å². The predicted molar refractivity (Wildman–Crippen MR) is 66.7 cm³/mol. The molecule has 0 aromatic rings. The monoisotopic (exact) mass is 229 g/mol. The summed E-state index contributed by atoms with van der Waals surface area (Å²) in [5.41, 5.74) is 0. The molecule has 0 heterocycles. The Morgan fingerprint density at radius 3 is 2.44 bits per heavy atom. The van der Waals surface area contributed by atoms with Crippen LogP contribution in [0.15, 0.2) is 0 Å². The molecule has 0 saturated heterocycles. The first-order valence-electron chi connectivity index (χ1n) is 6.51. The minimum atomic E-state index is 0.518. The van der Waals surface area contributed by atoms with Crippen LogP contribution >= 0.6 is 0 Å². The molecule has 1 saturated carbocycles. The van der Waals surface area contributed by atoms with E-state index in [1.807, 2.05) is 7.05 Å². The lowest BCUT2D eigenvalue weighted by atomic mass is 9.79. The van der Waals surface area contributed by atoms with Crippen molar-refractivity contribution in [3.05, 3.63) is 0 Å². The highest BCUT2D eigenvalue weighted by molar-refractivity contribution is 4.79.